The summed E-state index contributed by atoms with van der Waals surface area (Å²) in [7, 11) is 0. The van der Waals surface area contributed by atoms with Crippen LogP contribution in [0.15, 0.2) is 18.2 Å². The van der Waals surface area contributed by atoms with Crippen molar-refractivity contribution in [3.05, 3.63) is 35.1 Å². The maximum Gasteiger partial charge on any atom is 0.254 e. The minimum absolute atomic E-state index is 0.198. The van der Waals surface area contributed by atoms with Crippen molar-refractivity contribution < 1.29 is 14.3 Å². The second-order valence-corrected chi connectivity index (χ2v) is 6.65. The molecule has 1 aromatic rings. The molecular formula is C17H23FN2O2. The molecule has 22 heavy (non-hydrogen) atoms. The number of benzene rings is 1. The molecule has 0 aromatic heterocycles. The Morgan fingerprint density at radius 2 is 2.05 bits per heavy atom. The van der Waals surface area contributed by atoms with E-state index in [0.717, 1.165) is 13.1 Å². The first-order valence-electron chi connectivity index (χ1n) is 7.97. The molecule has 1 amide bonds. The Morgan fingerprint density at radius 1 is 1.32 bits per heavy atom. The summed E-state index contributed by atoms with van der Waals surface area (Å²) >= 11 is 0. The number of carbonyl (C=O) groups excluding carboxylic acids is 1. The molecule has 2 heterocycles. The van der Waals surface area contributed by atoms with Gasteiger partial charge in [0.1, 0.15) is 5.82 Å². The van der Waals surface area contributed by atoms with Crippen LogP contribution in [-0.2, 0) is 0 Å². The van der Waals surface area contributed by atoms with Gasteiger partial charge in [-0.1, -0.05) is 6.07 Å². The predicted octanol–water partition coefficient (Wildman–Crippen LogP) is 1.81. The highest BCUT2D eigenvalue weighted by atomic mass is 19.1. The van der Waals surface area contributed by atoms with Gasteiger partial charge < -0.3 is 14.9 Å². The Balaban J connectivity index is 1.65. The Labute approximate surface area is 130 Å². The summed E-state index contributed by atoms with van der Waals surface area (Å²) in [4.78, 5) is 16.4. The maximum atomic E-state index is 13.6. The second kappa shape index (κ2) is 5.97. The van der Waals surface area contributed by atoms with Crippen LogP contribution in [0, 0.1) is 12.7 Å². The van der Waals surface area contributed by atoms with E-state index in [-0.39, 0.29) is 11.7 Å². The monoisotopic (exact) mass is 306 g/mol. The van der Waals surface area contributed by atoms with E-state index in [1.807, 2.05) is 0 Å². The summed E-state index contributed by atoms with van der Waals surface area (Å²) in [6, 6.07) is 4.56. The number of amides is 1. The van der Waals surface area contributed by atoms with Crippen LogP contribution in [-0.4, -0.2) is 59.1 Å². The first-order chi connectivity index (χ1) is 10.5. The Bertz CT molecular complexity index is 572. The first kappa shape index (κ1) is 15.4. The number of aliphatic hydroxyl groups is 1. The van der Waals surface area contributed by atoms with Gasteiger partial charge in [-0.2, -0.15) is 0 Å². The highest BCUT2D eigenvalue weighted by Gasteiger charge is 2.40. The second-order valence-electron chi connectivity index (χ2n) is 6.65. The molecule has 3 rings (SSSR count). The number of carbonyl (C=O) groups is 1. The van der Waals surface area contributed by atoms with Crippen molar-refractivity contribution in [1.29, 1.82) is 0 Å². The van der Waals surface area contributed by atoms with Crippen molar-refractivity contribution in [1.82, 2.24) is 9.80 Å². The summed E-state index contributed by atoms with van der Waals surface area (Å²) < 4.78 is 13.6. The highest BCUT2D eigenvalue weighted by Crippen LogP contribution is 2.26. The lowest BCUT2D eigenvalue weighted by atomic mass is 10.0. The van der Waals surface area contributed by atoms with E-state index in [1.165, 1.54) is 18.9 Å². The van der Waals surface area contributed by atoms with Gasteiger partial charge in [0, 0.05) is 18.7 Å². The summed E-state index contributed by atoms with van der Waals surface area (Å²) in [6.45, 7) is 5.21. The van der Waals surface area contributed by atoms with Crippen molar-refractivity contribution in [3.63, 3.8) is 0 Å². The maximum absolute atomic E-state index is 13.6. The van der Waals surface area contributed by atoms with Crippen molar-refractivity contribution >= 4 is 5.91 Å². The molecule has 2 aliphatic heterocycles. The minimum Gasteiger partial charge on any atom is -0.387 e. The summed E-state index contributed by atoms with van der Waals surface area (Å²) in [6.07, 6.45) is 2.95. The zero-order chi connectivity index (χ0) is 15.7. The third kappa shape index (κ3) is 3.15. The van der Waals surface area contributed by atoms with E-state index < -0.39 is 5.60 Å². The Morgan fingerprint density at radius 3 is 2.73 bits per heavy atom. The average Bonchev–Trinajstić information content (AvgIpc) is 3.11. The van der Waals surface area contributed by atoms with Gasteiger partial charge in [-0.3, -0.25) is 4.79 Å². The van der Waals surface area contributed by atoms with E-state index >= 15 is 0 Å². The average molecular weight is 306 g/mol. The first-order valence-corrected chi connectivity index (χ1v) is 7.97. The number of nitrogens with zero attached hydrogens (tertiary/aromatic N) is 2. The molecule has 1 unspecified atom stereocenters. The molecule has 2 aliphatic rings. The predicted molar refractivity (Wildman–Crippen MR) is 82.3 cm³/mol. The minimum atomic E-state index is -0.830. The van der Waals surface area contributed by atoms with Crippen LogP contribution in [0.3, 0.4) is 0 Å². The fraction of sp³-hybridized carbons (Fsp3) is 0.588. The molecule has 120 valence electrons. The van der Waals surface area contributed by atoms with Gasteiger partial charge in [0.15, 0.2) is 0 Å². The molecule has 1 atom stereocenters. The van der Waals surface area contributed by atoms with Crippen molar-refractivity contribution in [3.8, 4) is 0 Å². The standard InChI is InChI=1S/C17H23FN2O2/c1-13-4-5-14(10-15(13)18)16(21)20-9-6-17(22,12-20)11-19-7-2-3-8-19/h4-5,10,22H,2-3,6-9,11-12H2,1H3. The number of hydrogen-bond acceptors (Lipinski definition) is 3. The highest BCUT2D eigenvalue weighted by molar-refractivity contribution is 5.94. The fourth-order valence-corrected chi connectivity index (χ4v) is 3.42. The molecule has 2 fully saturated rings. The lowest BCUT2D eigenvalue weighted by molar-refractivity contribution is 0.0175. The largest absolute Gasteiger partial charge is 0.387 e. The quantitative estimate of drug-likeness (QED) is 0.926. The zero-order valence-electron chi connectivity index (χ0n) is 13.0. The molecule has 0 spiro atoms. The van der Waals surface area contributed by atoms with E-state index in [9.17, 15) is 14.3 Å². The van der Waals surface area contributed by atoms with E-state index in [2.05, 4.69) is 4.90 Å². The lowest BCUT2D eigenvalue weighted by Crippen LogP contribution is -2.45. The SMILES string of the molecule is Cc1ccc(C(=O)N2CCC(O)(CN3CCCC3)C2)cc1F. The molecule has 0 saturated carbocycles. The van der Waals surface area contributed by atoms with Crippen molar-refractivity contribution in [2.45, 2.75) is 31.8 Å². The zero-order valence-corrected chi connectivity index (χ0v) is 13.0. The van der Waals surface area contributed by atoms with E-state index in [4.69, 9.17) is 0 Å². The van der Waals surface area contributed by atoms with Gasteiger partial charge in [0.05, 0.1) is 12.1 Å². The lowest BCUT2D eigenvalue weighted by Gasteiger charge is -2.28. The molecule has 0 bridgehead atoms. The Hall–Kier alpha value is -1.46. The van der Waals surface area contributed by atoms with Crippen LogP contribution < -0.4 is 0 Å². The van der Waals surface area contributed by atoms with Crippen LogP contribution in [0.2, 0.25) is 0 Å². The molecule has 1 aromatic carbocycles. The topological polar surface area (TPSA) is 43.8 Å². The molecule has 2 saturated heterocycles. The van der Waals surface area contributed by atoms with Gasteiger partial charge >= 0.3 is 0 Å². The Kier molecular flexibility index (Phi) is 4.19. The van der Waals surface area contributed by atoms with Crippen molar-refractivity contribution in [2.24, 2.45) is 0 Å². The van der Waals surface area contributed by atoms with Crippen LogP contribution >= 0.6 is 0 Å². The molecule has 5 heteroatoms. The van der Waals surface area contributed by atoms with Crippen LogP contribution in [0.1, 0.15) is 35.2 Å². The molecule has 0 radical (unpaired) electrons. The summed E-state index contributed by atoms with van der Waals surface area (Å²) in [5.74, 6) is -0.561. The molecular weight excluding hydrogens is 283 g/mol. The van der Waals surface area contributed by atoms with Crippen LogP contribution in [0.25, 0.3) is 0 Å². The fourth-order valence-electron chi connectivity index (χ4n) is 3.42. The number of likely N-dealkylation sites (tertiary alicyclic amines) is 2. The van der Waals surface area contributed by atoms with E-state index in [1.54, 1.807) is 24.0 Å². The summed E-state index contributed by atoms with van der Waals surface area (Å²) in [5.41, 5.74) is 0.0560. The number of β-amino-alcohol motifs (C(OH)–C–C–N with tert-alkyl or cyclic N) is 1. The molecule has 1 N–H and O–H groups in total. The number of aryl methyl sites for hydroxylation is 1. The third-order valence-corrected chi connectivity index (χ3v) is 4.75. The van der Waals surface area contributed by atoms with E-state index in [0.29, 0.717) is 37.2 Å². The van der Waals surface area contributed by atoms with Crippen molar-refractivity contribution in [2.75, 3.05) is 32.7 Å². The number of hydrogen-bond donors (Lipinski definition) is 1. The number of rotatable bonds is 3. The van der Waals surface area contributed by atoms with Crippen LogP contribution in [0.4, 0.5) is 4.39 Å². The number of halogens is 1. The van der Waals surface area contributed by atoms with Gasteiger partial charge in [-0.25, -0.2) is 4.39 Å². The smallest absolute Gasteiger partial charge is 0.254 e. The van der Waals surface area contributed by atoms with Gasteiger partial charge in [-0.15, -0.1) is 0 Å². The van der Waals surface area contributed by atoms with Crippen LogP contribution in [0.5, 0.6) is 0 Å². The van der Waals surface area contributed by atoms with Gasteiger partial charge in [0.25, 0.3) is 5.91 Å². The summed E-state index contributed by atoms with van der Waals surface area (Å²) in [5, 5.41) is 10.7. The molecule has 4 nitrogen and oxygen atoms in total. The molecule has 0 aliphatic carbocycles. The normalized spacial score (nSPS) is 25.9. The van der Waals surface area contributed by atoms with Gasteiger partial charge in [-0.05, 0) is 57.0 Å². The third-order valence-electron chi connectivity index (χ3n) is 4.75. The van der Waals surface area contributed by atoms with Gasteiger partial charge in [0.2, 0.25) is 0 Å².